The zero-order chi connectivity index (χ0) is 13.7. The Morgan fingerprint density at radius 2 is 2.11 bits per heavy atom. The van der Waals surface area contributed by atoms with Gasteiger partial charge in [0.25, 0.3) is 0 Å². The third kappa shape index (κ3) is 3.93. The molecule has 1 aromatic rings. The lowest BCUT2D eigenvalue weighted by atomic mass is 9.99. The molecule has 2 unspecified atom stereocenters. The Kier molecular flexibility index (Phi) is 5.19. The first-order valence-corrected chi connectivity index (χ1v) is 7.05. The van der Waals surface area contributed by atoms with Gasteiger partial charge in [-0.3, -0.25) is 11.3 Å². The summed E-state index contributed by atoms with van der Waals surface area (Å²) < 4.78 is 5.66. The molecule has 0 aliphatic carbocycles. The van der Waals surface area contributed by atoms with E-state index in [4.69, 9.17) is 10.6 Å². The van der Waals surface area contributed by atoms with Gasteiger partial charge in [0.1, 0.15) is 0 Å². The number of benzene rings is 1. The lowest BCUT2D eigenvalue weighted by molar-refractivity contribution is 0.0996. The number of anilines is 1. The maximum Gasteiger partial charge on any atom is 0.0576 e. The smallest absolute Gasteiger partial charge is 0.0576 e. The van der Waals surface area contributed by atoms with Gasteiger partial charge in [-0.25, -0.2) is 0 Å². The van der Waals surface area contributed by atoms with Crippen LogP contribution in [0.4, 0.5) is 5.69 Å². The highest BCUT2D eigenvalue weighted by Gasteiger charge is 2.18. The number of hydrazine groups is 1. The maximum atomic E-state index is 5.69. The van der Waals surface area contributed by atoms with E-state index in [2.05, 4.69) is 34.6 Å². The fraction of sp³-hybridized carbons (Fsp3) is 0.600. The summed E-state index contributed by atoms with van der Waals surface area (Å²) in [6.07, 6.45) is 4.91. The SMILES string of the molecule is CN(C)c1ccc(C(CCC2CCCO2)NN)cc1. The molecule has 1 aliphatic rings. The number of ether oxygens (including phenoxy) is 1. The van der Waals surface area contributed by atoms with Gasteiger partial charge in [0.05, 0.1) is 6.10 Å². The number of rotatable bonds is 6. The average molecular weight is 263 g/mol. The van der Waals surface area contributed by atoms with Gasteiger partial charge in [-0.1, -0.05) is 12.1 Å². The minimum atomic E-state index is 0.209. The first kappa shape index (κ1) is 14.3. The first-order chi connectivity index (χ1) is 9.20. The monoisotopic (exact) mass is 263 g/mol. The summed E-state index contributed by atoms with van der Waals surface area (Å²) in [6.45, 7) is 0.920. The normalized spacial score (nSPS) is 20.5. The summed E-state index contributed by atoms with van der Waals surface area (Å²) in [5.41, 5.74) is 5.37. The highest BCUT2D eigenvalue weighted by molar-refractivity contribution is 5.46. The van der Waals surface area contributed by atoms with Gasteiger partial charge >= 0.3 is 0 Å². The van der Waals surface area contributed by atoms with Crippen LogP contribution in [0.25, 0.3) is 0 Å². The first-order valence-electron chi connectivity index (χ1n) is 7.05. The molecule has 3 N–H and O–H groups in total. The van der Waals surface area contributed by atoms with Crippen LogP contribution in [-0.4, -0.2) is 26.8 Å². The molecule has 1 fully saturated rings. The Labute approximate surface area is 115 Å². The van der Waals surface area contributed by atoms with Crippen molar-refractivity contribution in [2.75, 3.05) is 25.6 Å². The molecule has 4 heteroatoms. The summed E-state index contributed by atoms with van der Waals surface area (Å²) in [5.74, 6) is 5.69. The van der Waals surface area contributed by atoms with E-state index in [1.54, 1.807) is 0 Å². The van der Waals surface area contributed by atoms with Crippen molar-refractivity contribution in [1.29, 1.82) is 0 Å². The van der Waals surface area contributed by atoms with Crippen molar-refractivity contribution < 1.29 is 4.74 Å². The van der Waals surface area contributed by atoms with Crippen LogP contribution in [0.3, 0.4) is 0 Å². The van der Waals surface area contributed by atoms with E-state index in [-0.39, 0.29) is 6.04 Å². The molecule has 1 aromatic carbocycles. The lowest BCUT2D eigenvalue weighted by Crippen LogP contribution is -2.28. The Morgan fingerprint density at radius 3 is 2.63 bits per heavy atom. The van der Waals surface area contributed by atoms with Crippen molar-refractivity contribution in [3.63, 3.8) is 0 Å². The molecule has 1 heterocycles. The second-order valence-electron chi connectivity index (χ2n) is 5.42. The summed E-state index contributed by atoms with van der Waals surface area (Å²) in [5, 5.41) is 0. The minimum absolute atomic E-state index is 0.209. The Bertz CT molecular complexity index is 371. The highest BCUT2D eigenvalue weighted by atomic mass is 16.5. The zero-order valence-corrected chi connectivity index (χ0v) is 11.9. The minimum Gasteiger partial charge on any atom is -0.378 e. The van der Waals surface area contributed by atoms with E-state index >= 15 is 0 Å². The Balaban J connectivity index is 1.92. The van der Waals surface area contributed by atoms with Crippen LogP contribution >= 0.6 is 0 Å². The van der Waals surface area contributed by atoms with Crippen molar-refractivity contribution in [1.82, 2.24) is 5.43 Å². The molecular formula is C15H25N3O. The van der Waals surface area contributed by atoms with Crippen LogP contribution in [0.2, 0.25) is 0 Å². The van der Waals surface area contributed by atoms with E-state index in [1.165, 1.54) is 24.1 Å². The zero-order valence-electron chi connectivity index (χ0n) is 11.9. The summed E-state index contributed by atoms with van der Waals surface area (Å²) in [7, 11) is 4.09. The number of nitrogens with one attached hydrogen (secondary N) is 1. The van der Waals surface area contributed by atoms with E-state index in [0.29, 0.717) is 6.10 Å². The van der Waals surface area contributed by atoms with Crippen molar-refractivity contribution >= 4 is 5.69 Å². The number of nitrogens with two attached hydrogens (primary N) is 1. The van der Waals surface area contributed by atoms with Gasteiger partial charge in [-0.15, -0.1) is 0 Å². The second kappa shape index (κ2) is 6.89. The molecule has 2 atom stereocenters. The average Bonchev–Trinajstić information content (AvgIpc) is 2.93. The third-order valence-corrected chi connectivity index (χ3v) is 3.81. The van der Waals surface area contributed by atoms with Crippen molar-refractivity contribution in [2.24, 2.45) is 5.84 Å². The van der Waals surface area contributed by atoms with Crippen LogP contribution in [-0.2, 0) is 4.74 Å². The molecule has 1 saturated heterocycles. The molecule has 4 nitrogen and oxygen atoms in total. The number of nitrogens with zero attached hydrogens (tertiary/aromatic N) is 1. The lowest BCUT2D eigenvalue weighted by Gasteiger charge is -2.20. The Hall–Kier alpha value is -1.10. The van der Waals surface area contributed by atoms with Gasteiger partial charge < -0.3 is 9.64 Å². The van der Waals surface area contributed by atoms with Crippen molar-refractivity contribution in [3.05, 3.63) is 29.8 Å². The number of hydrogen-bond acceptors (Lipinski definition) is 4. The van der Waals surface area contributed by atoms with Gasteiger partial charge in [0.2, 0.25) is 0 Å². The molecule has 0 radical (unpaired) electrons. The van der Waals surface area contributed by atoms with E-state index in [0.717, 1.165) is 19.4 Å². The molecule has 106 valence electrons. The molecule has 0 amide bonds. The van der Waals surface area contributed by atoms with Gasteiger partial charge in [0.15, 0.2) is 0 Å². The molecule has 0 saturated carbocycles. The Morgan fingerprint density at radius 1 is 1.37 bits per heavy atom. The molecular weight excluding hydrogens is 238 g/mol. The predicted molar refractivity (Wildman–Crippen MR) is 79.0 cm³/mol. The largest absolute Gasteiger partial charge is 0.378 e. The predicted octanol–water partition coefficient (Wildman–Crippen LogP) is 2.22. The topological polar surface area (TPSA) is 50.5 Å². The van der Waals surface area contributed by atoms with E-state index in [9.17, 15) is 0 Å². The number of hydrogen-bond donors (Lipinski definition) is 2. The molecule has 0 bridgehead atoms. The van der Waals surface area contributed by atoms with Crippen molar-refractivity contribution in [2.45, 2.75) is 37.8 Å². The molecule has 0 aromatic heterocycles. The second-order valence-corrected chi connectivity index (χ2v) is 5.42. The van der Waals surface area contributed by atoms with E-state index < -0.39 is 0 Å². The fourth-order valence-corrected chi connectivity index (χ4v) is 2.58. The summed E-state index contributed by atoms with van der Waals surface area (Å²) in [4.78, 5) is 2.10. The van der Waals surface area contributed by atoms with Crippen LogP contribution in [0.5, 0.6) is 0 Å². The summed E-state index contributed by atoms with van der Waals surface area (Å²) >= 11 is 0. The van der Waals surface area contributed by atoms with Crippen molar-refractivity contribution in [3.8, 4) is 0 Å². The standard InChI is InChI=1S/C15H25N3O/c1-18(2)13-7-5-12(6-8-13)15(17-16)10-9-14-4-3-11-19-14/h5-8,14-15,17H,3-4,9-11,16H2,1-2H3. The van der Waals surface area contributed by atoms with Gasteiger partial charge in [-0.2, -0.15) is 0 Å². The van der Waals surface area contributed by atoms with Crippen LogP contribution in [0, 0.1) is 0 Å². The van der Waals surface area contributed by atoms with Gasteiger partial charge in [-0.05, 0) is 43.4 Å². The fourth-order valence-electron chi connectivity index (χ4n) is 2.58. The van der Waals surface area contributed by atoms with Crippen LogP contribution < -0.4 is 16.2 Å². The van der Waals surface area contributed by atoms with E-state index in [1.807, 2.05) is 14.1 Å². The quantitative estimate of drug-likeness (QED) is 0.610. The summed E-state index contributed by atoms with van der Waals surface area (Å²) in [6, 6.07) is 8.77. The molecule has 1 aliphatic heterocycles. The van der Waals surface area contributed by atoms with Gasteiger partial charge in [0, 0.05) is 32.4 Å². The molecule has 2 rings (SSSR count). The van der Waals surface area contributed by atoms with Crippen LogP contribution in [0.1, 0.15) is 37.3 Å². The highest BCUT2D eigenvalue weighted by Crippen LogP contribution is 2.24. The van der Waals surface area contributed by atoms with Crippen LogP contribution in [0.15, 0.2) is 24.3 Å². The maximum absolute atomic E-state index is 5.69. The third-order valence-electron chi connectivity index (χ3n) is 3.81. The molecule has 0 spiro atoms. The molecule has 19 heavy (non-hydrogen) atoms.